The second-order valence-electron chi connectivity index (χ2n) is 4.51. The summed E-state index contributed by atoms with van der Waals surface area (Å²) >= 11 is 6.14. The zero-order chi connectivity index (χ0) is 10.0. The van der Waals surface area contributed by atoms with Crippen LogP contribution >= 0.6 is 11.6 Å². The highest BCUT2D eigenvalue weighted by Crippen LogP contribution is 2.31. The molecule has 14 heavy (non-hydrogen) atoms. The molecule has 1 nitrogen and oxygen atoms in total. The summed E-state index contributed by atoms with van der Waals surface area (Å²) in [6, 6.07) is 8.16. The van der Waals surface area contributed by atoms with E-state index >= 15 is 0 Å². The minimum absolute atomic E-state index is 0.394. The molecule has 1 N–H and O–H groups in total. The van der Waals surface area contributed by atoms with Crippen LogP contribution < -0.4 is 5.32 Å². The van der Waals surface area contributed by atoms with E-state index in [1.54, 1.807) is 0 Å². The zero-order valence-electron chi connectivity index (χ0n) is 8.52. The van der Waals surface area contributed by atoms with E-state index in [2.05, 4.69) is 24.4 Å². The van der Waals surface area contributed by atoms with Gasteiger partial charge in [-0.25, -0.2) is 0 Å². The Bertz CT molecular complexity index is 316. The summed E-state index contributed by atoms with van der Waals surface area (Å²) in [5.74, 6) is 0. The van der Waals surface area contributed by atoms with Gasteiger partial charge in [-0.3, -0.25) is 0 Å². The maximum atomic E-state index is 6.14. The summed E-state index contributed by atoms with van der Waals surface area (Å²) in [4.78, 5) is 0. The van der Waals surface area contributed by atoms with Gasteiger partial charge in [0.2, 0.25) is 0 Å². The number of hydrogen-bond donors (Lipinski definition) is 1. The van der Waals surface area contributed by atoms with Gasteiger partial charge < -0.3 is 5.32 Å². The predicted octanol–water partition coefficient (Wildman–Crippen LogP) is 2.88. The molecule has 2 heteroatoms. The van der Waals surface area contributed by atoms with E-state index in [9.17, 15) is 0 Å². The first-order chi connectivity index (χ1) is 6.70. The summed E-state index contributed by atoms with van der Waals surface area (Å²) in [6.07, 6.45) is 2.33. The van der Waals surface area contributed by atoms with Gasteiger partial charge in [0, 0.05) is 11.6 Å². The van der Waals surface area contributed by atoms with E-state index in [-0.39, 0.29) is 0 Å². The van der Waals surface area contributed by atoms with Crippen molar-refractivity contribution in [3.63, 3.8) is 0 Å². The SMILES string of the molecule is CC1(Cc2ccccc2Cl)CCNC1. The van der Waals surface area contributed by atoms with Crippen LogP contribution in [0.25, 0.3) is 0 Å². The number of rotatable bonds is 2. The molecule has 1 saturated heterocycles. The Kier molecular flexibility index (Phi) is 2.80. The lowest BCUT2D eigenvalue weighted by Gasteiger charge is -2.23. The Morgan fingerprint density at radius 3 is 2.86 bits per heavy atom. The Labute approximate surface area is 90.5 Å². The number of nitrogens with one attached hydrogen (secondary N) is 1. The first-order valence-corrected chi connectivity index (χ1v) is 5.52. The van der Waals surface area contributed by atoms with Crippen LogP contribution in [0.3, 0.4) is 0 Å². The number of benzene rings is 1. The molecular formula is C12H16ClN. The third kappa shape index (κ3) is 2.10. The number of hydrogen-bond acceptors (Lipinski definition) is 1. The molecule has 0 saturated carbocycles. The van der Waals surface area contributed by atoms with Crippen molar-refractivity contribution in [2.75, 3.05) is 13.1 Å². The van der Waals surface area contributed by atoms with Crippen molar-refractivity contribution in [2.45, 2.75) is 19.8 Å². The van der Waals surface area contributed by atoms with Crippen LogP contribution in [0.2, 0.25) is 5.02 Å². The van der Waals surface area contributed by atoms with Gasteiger partial charge in [-0.15, -0.1) is 0 Å². The van der Waals surface area contributed by atoms with Gasteiger partial charge >= 0.3 is 0 Å². The summed E-state index contributed by atoms with van der Waals surface area (Å²) in [5, 5.41) is 4.31. The summed E-state index contributed by atoms with van der Waals surface area (Å²) < 4.78 is 0. The van der Waals surface area contributed by atoms with Crippen LogP contribution in [-0.4, -0.2) is 13.1 Å². The first-order valence-electron chi connectivity index (χ1n) is 5.14. The summed E-state index contributed by atoms with van der Waals surface area (Å²) in [6.45, 7) is 4.58. The highest BCUT2D eigenvalue weighted by molar-refractivity contribution is 6.31. The monoisotopic (exact) mass is 209 g/mol. The van der Waals surface area contributed by atoms with Gasteiger partial charge in [-0.2, -0.15) is 0 Å². The molecule has 1 aromatic rings. The molecule has 0 spiro atoms. The molecule has 1 atom stereocenters. The van der Waals surface area contributed by atoms with Gasteiger partial charge in [0.05, 0.1) is 0 Å². The highest BCUT2D eigenvalue weighted by atomic mass is 35.5. The molecule has 1 aliphatic heterocycles. The fourth-order valence-electron chi connectivity index (χ4n) is 2.12. The van der Waals surface area contributed by atoms with Crippen LogP contribution in [0.4, 0.5) is 0 Å². The summed E-state index contributed by atoms with van der Waals surface area (Å²) in [5.41, 5.74) is 1.67. The molecule has 1 aliphatic rings. The second-order valence-corrected chi connectivity index (χ2v) is 4.91. The molecule has 0 amide bonds. The second kappa shape index (κ2) is 3.92. The Hall–Kier alpha value is -0.530. The smallest absolute Gasteiger partial charge is 0.0438 e. The minimum Gasteiger partial charge on any atom is -0.316 e. The minimum atomic E-state index is 0.394. The van der Waals surface area contributed by atoms with Crippen LogP contribution in [0.5, 0.6) is 0 Å². The molecule has 1 fully saturated rings. The quantitative estimate of drug-likeness (QED) is 0.790. The fourth-order valence-corrected chi connectivity index (χ4v) is 2.32. The van der Waals surface area contributed by atoms with Crippen LogP contribution in [0.1, 0.15) is 18.9 Å². The van der Waals surface area contributed by atoms with Gasteiger partial charge in [-0.1, -0.05) is 36.7 Å². The van der Waals surface area contributed by atoms with E-state index < -0.39 is 0 Å². The third-order valence-electron chi connectivity index (χ3n) is 3.03. The topological polar surface area (TPSA) is 12.0 Å². The molecule has 1 unspecified atom stereocenters. The molecule has 1 heterocycles. The van der Waals surface area contributed by atoms with E-state index in [0.717, 1.165) is 24.5 Å². The average molecular weight is 210 g/mol. The predicted molar refractivity (Wildman–Crippen MR) is 60.7 cm³/mol. The van der Waals surface area contributed by atoms with Crippen LogP contribution in [0.15, 0.2) is 24.3 Å². The van der Waals surface area contributed by atoms with E-state index in [1.807, 2.05) is 12.1 Å². The fraction of sp³-hybridized carbons (Fsp3) is 0.500. The van der Waals surface area contributed by atoms with Gasteiger partial charge in [0.25, 0.3) is 0 Å². The van der Waals surface area contributed by atoms with Crippen molar-refractivity contribution in [3.05, 3.63) is 34.9 Å². The lowest BCUT2D eigenvalue weighted by Crippen LogP contribution is -2.22. The van der Waals surface area contributed by atoms with Crippen molar-refractivity contribution in [1.29, 1.82) is 0 Å². The molecule has 1 aromatic carbocycles. The Morgan fingerprint density at radius 1 is 1.43 bits per heavy atom. The lowest BCUT2D eigenvalue weighted by atomic mass is 9.83. The highest BCUT2D eigenvalue weighted by Gasteiger charge is 2.28. The molecule has 0 bridgehead atoms. The maximum Gasteiger partial charge on any atom is 0.0438 e. The van der Waals surface area contributed by atoms with Gasteiger partial charge in [0.15, 0.2) is 0 Å². The van der Waals surface area contributed by atoms with Crippen molar-refractivity contribution in [1.82, 2.24) is 5.32 Å². The van der Waals surface area contributed by atoms with Crippen molar-refractivity contribution in [3.8, 4) is 0 Å². The van der Waals surface area contributed by atoms with E-state index in [4.69, 9.17) is 11.6 Å². The van der Waals surface area contributed by atoms with Crippen molar-refractivity contribution < 1.29 is 0 Å². The molecule has 0 aromatic heterocycles. The normalized spacial score (nSPS) is 26.7. The largest absolute Gasteiger partial charge is 0.316 e. The summed E-state index contributed by atoms with van der Waals surface area (Å²) in [7, 11) is 0. The molecule has 0 radical (unpaired) electrons. The van der Waals surface area contributed by atoms with Gasteiger partial charge in [0.1, 0.15) is 0 Å². The molecule has 0 aliphatic carbocycles. The Morgan fingerprint density at radius 2 is 2.21 bits per heavy atom. The maximum absolute atomic E-state index is 6.14. The van der Waals surface area contributed by atoms with Crippen molar-refractivity contribution in [2.24, 2.45) is 5.41 Å². The lowest BCUT2D eigenvalue weighted by molar-refractivity contribution is 0.363. The zero-order valence-corrected chi connectivity index (χ0v) is 9.27. The van der Waals surface area contributed by atoms with Crippen molar-refractivity contribution >= 4 is 11.6 Å². The first kappa shape index (κ1) is 10.0. The van der Waals surface area contributed by atoms with Crippen LogP contribution in [-0.2, 0) is 6.42 Å². The third-order valence-corrected chi connectivity index (χ3v) is 3.40. The Balaban J connectivity index is 2.14. The standard InChI is InChI=1S/C12H16ClN/c1-12(6-7-14-9-12)8-10-4-2-3-5-11(10)13/h2-5,14H,6-9H2,1H3. The van der Waals surface area contributed by atoms with E-state index in [0.29, 0.717) is 5.41 Å². The molecule has 76 valence electrons. The average Bonchev–Trinajstić information content (AvgIpc) is 2.57. The van der Waals surface area contributed by atoms with Crippen LogP contribution in [0, 0.1) is 5.41 Å². The van der Waals surface area contributed by atoms with Gasteiger partial charge in [-0.05, 0) is 36.4 Å². The molecule has 2 rings (SSSR count). The number of halogens is 1. The molecular weight excluding hydrogens is 194 g/mol. The van der Waals surface area contributed by atoms with E-state index in [1.165, 1.54) is 12.0 Å².